The van der Waals surface area contributed by atoms with Crippen LogP contribution >= 0.6 is 15.9 Å². The molecule has 0 aromatic heterocycles. The van der Waals surface area contributed by atoms with Crippen LogP contribution in [0.15, 0.2) is 0 Å². The number of Topliss-reactive ketones (excluding diaryl/α,β-unsaturated/α-hetero) is 1. The molecule has 0 spiro atoms. The van der Waals surface area contributed by atoms with Gasteiger partial charge in [-0.05, 0) is 20.8 Å². The maximum atomic E-state index is 10.3. The van der Waals surface area contributed by atoms with Gasteiger partial charge in [0.2, 0.25) is 0 Å². The first kappa shape index (κ1) is 41.8. The van der Waals surface area contributed by atoms with Gasteiger partial charge < -0.3 is 50.3 Å². The molecular formula is C22H40BrNaO14. The summed E-state index contributed by atoms with van der Waals surface area (Å²) in [5.74, 6) is -3.88. The van der Waals surface area contributed by atoms with Crippen LogP contribution in [0.1, 0.15) is 41.5 Å². The summed E-state index contributed by atoms with van der Waals surface area (Å²) in [6.07, 6.45) is 1.40. The van der Waals surface area contributed by atoms with E-state index < -0.39 is 29.5 Å². The van der Waals surface area contributed by atoms with Crippen molar-refractivity contribution >= 4 is 39.6 Å². The van der Waals surface area contributed by atoms with Crippen molar-refractivity contribution in [1.82, 2.24) is 0 Å². The zero-order chi connectivity index (χ0) is 28.7. The number of carboxylic acid groups (broad SMARTS) is 3. The number of aliphatic carboxylic acids is 3. The first-order valence-electron chi connectivity index (χ1n) is 11.3. The van der Waals surface area contributed by atoms with E-state index in [-0.39, 0.29) is 74.9 Å². The molecule has 0 atom stereocenters. The Labute approximate surface area is 254 Å². The molecule has 0 aromatic rings. The molecule has 38 heavy (non-hydrogen) atoms. The van der Waals surface area contributed by atoms with Crippen molar-refractivity contribution in [3.63, 3.8) is 0 Å². The Morgan fingerprint density at radius 3 is 1.47 bits per heavy atom. The van der Waals surface area contributed by atoms with Crippen molar-refractivity contribution in [2.75, 3.05) is 64.8 Å². The summed E-state index contributed by atoms with van der Waals surface area (Å²) in [6, 6.07) is 0. The minimum absolute atomic E-state index is 0. The number of carbonyl (C=O) groups is 4. The molecule has 2 rings (SSSR count). The molecule has 0 radical (unpaired) electrons. The molecule has 16 heteroatoms. The number of hydrogen-bond acceptors (Lipinski definition) is 11. The summed E-state index contributed by atoms with van der Waals surface area (Å²) in [4.78, 5) is 39.5. The molecule has 2 saturated heterocycles. The van der Waals surface area contributed by atoms with Crippen LogP contribution in [0.2, 0.25) is 0 Å². The molecule has 0 aliphatic carbocycles. The van der Waals surface area contributed by atoms with Crippen molar-refractivity contribution in [1.29, 1.82) is 0 Å². The second kappa shape index (κ2) is 25.3. The van der Waals surface area contributed by atoms with Gasteiger partial charge in [-0.25, -0.2) is 9.59 Å². The fourth-order valence-electron chi connectivity index (χ4n) is 2.40. The zero-order valence-electron chi connectivity index (χ0n) is 23.4. The Kier molecular flexibility index (Phi) is 27.8. The molecule has 0 bridgehead atoms. The molecule has 0 amide bonds. The van der Waals surface area contributed by atoms with Gasteiger partial charge in [-0.3, -0.25) is 9.59 Å². The minimum Gasteiger partial charge on any atom is -1.00 e. The SMILES string of the molecule is CC(=O)CCOCC(=O)O.CC1(CCO)OCCO1.CC1(CCOCC(=O)O)OCCO1.O=C(O)CBr.[H-].[Na+]. The molecule has 220 valence electrons. The van der Waals surface area contributed by atoms with Gasteiger partial charge in [-0.1, -0.05) is 15.9 Å². The van der Waals surface area contributed by atoms with E-state index in [9.17, 15) is 19.2 Å². The van der Waals surface area contributed by atoms with Crippen molar-refractivity contribution in [3.8, 4) is 0 Å². The number of aliphatic hydroxyl groups is 1. The molecule has 0 aromatic carbocycles. The van der Waals surface area contributed by atoms with E-state index in [0.29, 0.717) is 45.9 Å². The van der Waals surface area contributed by atoms with Crippen molar-refractivity contribution in [2.45, 2.75) is 51.6 Å². The number of aliphatic hydroxyl groups excluding tert-OH is 1. The number of rotatable bonds is 13. The molecule has 0 saturated carbocycles. The van der Waals surface area contributed by atoms with Crippen LogP contribution in [0.4, 0.5) is 0 Å². The van der Waals surface area contributed by atoms with E-state index in [4.69, 9.17) is 44.1 Å². The molecule has 14 nitrogen and oxygen atoms in total. The number of carbonyl (C=O) groups excluding carboxylic acids is 1. The second-order valence-electron chi connectivity index (χ2n) is 7.76. The van der Waals surface area contributed by atoms with Crippen molar-refractivity contribution in [3.05, 3.63) is 0 Å². The Morgan fingerprint density at radius 2 is 1.16 bits per heavy atom. The summed E-state index contributed by atoms with van der Waals surface area (Å²) in [5, 5.41) is 32.6. The third kappa shape index (κ3) is 28.3. The molecular weight excluding hydrogens is 591 g/mol. The van der Waals surface area contributed by atoms with Crippen LogP contribution in [0, 0.1) is 0 Å². The fraction of sp³-hybridized carbons (Fsp3) is 0.818. The summed E-state index contributed by atoms with van der Waals surface area (Å²) < 4.78 is 30.4. The van der Waals surface area contributed by atoms with E-state index in [1.165, 1.54) is 6.92 Å². The van der Waals surface area contributed by atoms with Gasteiger partial charge >= 0.3 is 47.5 Å². The number of hydrogen-bond donors (Lipinski definition) is 4. The third-order valence-corrected chi connectivity index (χ3v) is 4.71. The van der Waals surface area contributed by atoms with Gasteiger partial charge in [0.1, 0.15) is 24.3 Å². The van der Waals surface area contributed by atoms with Gasteiger partial charge in [0.25, 0.3) is 0 Å². The van der Waals surface area contributed by atoms with Crippen LogP contribution < -0.4 is 29.6 Å². The van der Waals surface area contributed by atoms with Crippen molar-refractivity contribution in [2.24, 2.45) is 0 Å². The van der Waals surface area contributed by atoms with E-state index in [0.717, 1.165) is 0 Å². The van der Waals surface area contributed by atoms with Gasteiger partial charge in [0.15, 0.2) is 11.6 Å². The standard InChI is InChI=1S/C8H14O5.C6H10O4.C6H12O3.C2H3BrO2.Na.H/c1-8(12-4-5-13-8)2-3-11-6-7(9)10;1-5(7)2-3-10-4-6(8)9;1-6(2-3-7)8-4-5-9-6;3-1-2(4)5;;/h2-6H2,1H3,(H,9,10);2-4H2,1H3,(H,8,9);7H,2-5H2,1H3;1H2,(H,4,5);;/q;;;;+1;-1. The van der Waals surface area contributed by atoms with Crippen LogP contribution in [0.25, 0.3) is 0 Å². The normalized spacial score (nSPS) is 16.2. The molecule has 2 fully saturated rings. The third-order valence-electron chi connectivity index (χ3n) is 4.23. The Hall–Kier alpha value is -0.720. The first-order valence-corrected chi connectivity index (χ1v) is 12.4. The van der Waals surface area contributed by atoms with Crippen LogP contribution in [0.5, 0.6) is 0 Å². The van der Waals surface area contributed by atoms with Crippen LogP contribution in [-0.4, -0.2) is 120 Å². The largest absolute Gasteiger partial charge is 1.00 e. The molecule has 0 unspecified atom stereocenters. The minimum atomic E-state index is -1.01. The Bertz CT molecular complexity index is 643. The van der Waals surface area contributed by atoms with Gasteiger partial charge in [-0.15, -0.1) is 0 Å². The Balaban J connectivity index is -0.000000215. The summed E-state index contributed by atoms with van der Waals surface area (Å²) in [6.45, 7) is 7.65. The maximum Gasteiger partial charge on any atom is 1.00 e. The molecule has 2 aliphatic rings. The van der Waals surface area contributed by atoms with E-state index >= 15 is 0 Å². The molecule has 2 aliphatic heterocycles. The van der Waals surface area contributed by atoms with Crippen LogP contribution in [-0.2, 0) is 47.6 Å². The summed E-state index contributed by atoms with van der Waals surface area (Å²) in [5.41, 5.74) is 0. The van der Waals surface area contributed by atoms with Gasteiger partial charge in [0, 0.05) is 25.9 Å². The number of halogens is 1. The maximum absolute atomic E-state index is 10.3. The summed E-state index contributed by atoms with van der Waals surface area (Å²) in [7, 11) is 0. The zero-order valence-corrected chi connectivity index (χ0v) is 26.0. The van der Waals surface area contributed by atoms with Crippen LogP contribution in [0.3, 0.4) is 0 Å². The smallest absolute Gasteiger partial charge is 1.00 e. The average molecular weight is 631 g/mol. The topological polar surface area (TPSA) is 205 Å². The first-order chi connectivity index (χ1) is 17.3. The number of ketones is 1. The number of alkyl halides is 1. The van der Waals surface area contributed by atoms with Gasteiger partial charge in [0.05, 0.1) is 39.6 Å². The average Bonchev–Trinajstić information content (AvgIpc) is 3.44. The second-order valence-corrected chi connectivity index (χ2v) is 8.32. The fourth-order valence-corrected chi connectivity index (χ4v) is 2.40. The monoisotopic (exact) mass is 630 g/mol. The quantitative estimate of drug-likeness (QED) is 0.0989. The van der Waals surface area contributed by atoms with Gasteiger partial charge in [-0.2, -0.15) is 0 Å². The summed E-state index contributed by atoms with van der Waals surface area (Å²) >= 11 is 2.71. The molecule has 4 N–H and O–H groups in total. The number of ether oxygens (including phenoxy) is 6. The molecule has 2 heterocycles. The Morgan fingerprint density at radius 1 is 0.789 bits per heavy atom. The predicted molar refractivity (Wildman–Crippen MR) is 132 cm³/mol. The van der Waals surface area contributed by atoms with Crippen molar-refractivity contribution < 1.29 is 99.0 Å². The van der Waals surface area contributed by atoms with E-state index in [2.05, 4.69) is 20.7 Å². The van der Waals surface area contributed by atoms with E-state index in [1.54, 1.807) is 0 Å². The van der Waals surface area contributed by atoms with E-state index in [1.807, 2.05) is 13.8 Å². The predicted octanol–water partition coefficient (Wildman–Crippen LogP) is -1.98. The number of carboxylic acids is 3.